The minimum Gasteiger partial charge on any atom is -0.494 e. The summed E-state index contributed by atoms with van der Waals surface area (Å²) in [5, 5.41) is 10.3. The third-order valence-electron chi connectivity index (χ3n) is 4.05. The molecule has 0 spiro atoms. The van der Waals surface area contributed by atoms with E-state index in [0.717, 1.165) is 30.4 Å². The SMILES string of the molecule is COc1c(N)cc(C)cc1-c1cnc(C2(O)CCC2)cn1. The molecule has 5 heteroatoms. The van der Waals surface area contributed by atoms with Crippen LogP contribution in [-0.4, -0.2) is 22.2 Å². The first-order valence-corrected chi connectivity index (χ1v) is 7.03. The number of rotatable bonds is 3. The van der Waals surface area contributed by atoms with Gasteiger partial charge in [-0.15, -0.1) is 0 Å². The zero-order valence-electron chi connectivity index (χ0n) is 12.3. The Bertz CT molecular complexity index is 664. The van der Waals surface area contributed by atoms with Gasteiger partial charge in [-0.25, -0.2) is 0 Å². The van der Waals surface area contributed by atoms with Crippen molar-refractivity contribution in [2.45, 2.75) is 31.8 Å². The molecule has 3 N–H and O–H groups in total. The Kier molecular flexibility index (Phi) is 3.29. The van der Waals surface area contributed by atoms with Gasteiger partial charge in [0.15, 0.2) is 5.75 Å². The van der Waals surface area contributed by atoms with Crippen molar-refractivity contribution in [2.75, 3.05) is 12.8 Å². The number of aromatic nitrogens is 2. The van der Waals surface area contributed by atoms with Crippen molar-refractivity contribution in [1.82, 2.24) is 9.97 Å². The maximum absolute atomic E-state index is 10.3. The molecule has 0 unspecified atom stereocenters. The van der Waals surface area contributed by atoms with Crippen LogP contribution in [0, 0.1) is 6.92 Å². The number of hydrogen-bond donors (Lipinski definition) is 2. The summed E-state index contributed by atoms with van der Waals surface area (Å²) in [4.78, 5) is 8.80. The summed E-state index contributed by atoms with van der Waals surface area (Å²) in [5.74, 6) is 0.602. The molecular formula is C16H19N3O2. The van der Waals surface area contributed by atoms with Crippen LogP contribution in [0.4, 0.5) is 5.69 Å². The van der Waals surface area contributed by atoms with Gasteiger partial charge in [-0.3, -0.25) is 9.97 Å². The molecule has 1 aliphatic carbocycles. The molecule has 2 aromatic rings. The molecule has 0 atom stereocenters. The number of nitrogen functional groups attached to an aromatic ring is 1. The van der Waals surface area contributed by atoms with Gasteiger partial charge in [0, 0.05) is 5.56 Å². The van der Waals surface area contributed by atoms with E-state index in [4.69, 9.17) is 10.5 Å². The van der Waals surface area contributed by atoms with Crippen LogP contribution in [0.2, 0.25) is 0 Å². The van der Waals surface area contributed by atoms with Crippen LogP contribution in [0.3, 0.4) is 0 Å². The predicted molar refractivity (Wildman–Crippen MR) is 80.9 cm³/mol. The van der Waals surface area contributed by atoms with E-state index in [1.165, 1.54) is 0 Å². The molecule has 0 bridgehead atoms. The van der Waals surface area contributed by atoms with Crippen LogP contribution < -0.4 is 10.5 Å². The Balaban J connectivity index is 2.01. The Morgan fingerprint density at radius 1 is 1.24 bits per heavy atom. The normalized spacial score (nSPS) is 16.3. The molecule has 0 aliphatic heterocycles. The highest BCUT2D eigenvalue weighted by Crippen LogP contribution is 2.40. The van der Waals surface area contributed by atoms with E-state index in [0.29, 0.717) is 22.8 Å². The summed E-state index contributed by atoms with van der Waals surface area (Å²) in [7, 11) is 1.59. The van der Waals surface area contributed by atoms with Crippen molar-refractivity contribution in [2.24, 2.45) is 0 Å². The fourth-order valence-electron chi connectivity index (χ4n) is 2.69. The van der Waals surface area contributed by atoms with Crippen molar-refractivity contribution >= 4 is 5.69 Å². The first-order valence-electron chi connectivity index (χ1n) is 7.03. The van der Waals surface area contributed by atoms with Crippen LogP contribution in [0.5, 0.6) is 5.75 Å². The summed E-state index contributed by atoms with van der Waals surface area (Å²) < 4.78 is 5.37. The van der Waals surface area contributed by atoms with Crippen molar-refractivity contribution in [3.8, 4) is 17.0 Å². The fourth-order valence-corrected chi connectivity index (χ4v) is 2.69. The number of aliphatic hydroxyl groups is 1. The lowest BCUT2D eigenvalue weighted by atomic mass is 9.78. The topological polar surface area (TPSA) is 81.3 Å². The standard InChI is InChI=1S/C16H19N3O2/c1-10-6-11(15(21-2)12(17)7-10)13-8-19-14(9-18-13)16(20)4-3-5-16/h6-9,20H,3-5,17H2,1-2H3. The molecule has 0 radical (unpaired) electrons. The highest BCUT2D eigenvalue weighted by atomic mass is 16.5. The van der Waals surface area contributed by atoms with Gasteiger partial charge < -0.3 is 15.6 Å². The van der Waals surface area contributed by atoms with Crippen LogP contribution in [0.15, 0.2) is 24.5 Å². The number of aryl methyl sites for hydroxylation is 1. The zero-order chi connectivity index (χ0) is 15.0. The van der Waals surface area contributed by atoms with Gasteiger partial charge in [-0.1, -0.05) is 0 Å². The smallest absolute Gasteiger partial charge is 0.151 e. The average molecular weight is 285 g/mol. The molecule has 1 aromatic heterocycles. The molecule has 0 amide bonds. The van der Waals surface area contributed by atoms with Gasteiger partial charge in [-0.2, -0.15) is 0 Å². The van der Waals surface area contributed by atoms with Crippen molar-refractivity contribution in [1.29, 1.82) is 0 Å². The minimum atomic E-state index is -0.790. The minimum absolute atomic E-state index is 0.580. The van der Waals surface area contributed by atoms with E-state index in [-0.39, 0.29) is 0 Å². The maximum atomic E-state index is 10.3. The first-order chi connectivity index (χ1) is 10.0. The van der Waals surface area contributed by atoms with Gasteiger partial charge >= 0.3 is 0 Å². The maximum Gasteiger partial charge on any atom is 0.151 e. The van der Waals surface area contributed by atoms with Crippen LogP contribution in [-0.2, 0) is 5.60 Å². The highest BCUT2D eigenvalue weighted by molar-refractivity contribution is 5.75. The molecule has 5 nitrogen and oxygen atoms in total. The lowest BCUT2D eigenvalue weighted by Gasteiger charge is -2.35. The monoisotopic (exact) mass is 285 g/mol. The van der Waals surface area contributed by atoms with Gasteiger partial charge in [0.05, 0.1) is 36.6 Å². The molecule has 1 aliphatic rings. The zero-order valence-corrected chi connectivity index (χ0v) is 12.3. The van der Waals surface area contributed by atoms with Gasteiger partial charge in [0.2, 0.25) is 0 Å². The third kappa shape index (κ3) is 2.34. The lowest BCUT2D eigenvalue weighted by molar-refractivity contribution is -0.0429. The highest BCUT2D eigenvalue weighted by Gasteiger charge is 2.37. The Morgan fingerprint density at radius 2 is 2.00 bits per heavy atom. The second-order valence-electron chi connectivity index (χ2n) is 5.61. The van der Waals surface area contributed by atoms with E-state index in [1.54, 1.807) is 19.5 Å². The Hall–Kier alpha value is -2.14. The van der Waals surface area contributed by atoms with Crippen molar-refractivity contribution in [3.63, 3.8) is 0 Å². The second kappa shape index (κ2) is 5.00. The number of methoxy groups -OCH3 is 1. The molecule has 1 heterocycles. The van der Waals surface area contributed by atoms with Crippen molar-refractivity contribution < 1.29 is 9.84 Å². The van der Waals surface area contributed by atoms with Crippen LogP contribution in [0.25, 0.3) is 11.3 Å². The molecule has 3 rings (SSSR count). The summed E-state index contributed by atoms with van der Waals surface area (Å²) >= 11 is 0. The molecular weight excluding hydrogens is 266 g/mol. The van der Waals surface area contributed by atoms with Gasteiger partial charge in [-0.05, 0) is 43.9 Å². The molecule has 1 aromatic carbocycles. The van der Waals surface area contributed by atoms with Crippen molar-refractivity contribution in [3.05, 3.63) is 35.8 Å². The molecule has 0 saturated heterocycles. The lowest BCUT2D eigenvalue weighted by Crippen LogP contribution is -2.34. The van der Waals surface area contributed by atoms with Crippen LogP contribution >= 0.6 is 0 Å². The molecule has 1 saturated carbocycles. The number of benzene rings is 1. The van der Waals surface area contributed by atoms with E-state index >= 15 is 0 Å². The van der Waals surface area contributed by atoms with Crippen LogP contribution in [0.1, 0.15) is 30.5 Å². The van der Waals surface area contributed by atoms with E-state index in [2.05, 4.69) is 9.97 Å². The first kappa shape index (κ1) is 13.8. The summed E-state index contributed by atoms with van der Waals surface area (Å²) in [6.07, 6.45) is 5.85. The summed E-state index contributed by atoms with van der Waals surface area (Å²) in [6.45, 7) is 1.97. The summed E-state index contributed by atoms with van der Waals surface area (Å²) in [5.41, 5.74) is 8.95. The van der Waals surface area contributed by atoms with E-state index < -0.39 is 5.60 Å². The molecule has 1 fully saturated rings. The number of nitrogens with two attached hydrogens (primary N) is 1. The van der Waals surface area contributed by atoms with Gasteiger partial charge in [0.25, 0.3) is 0 Å². The quantitative estimate of drug-likeness (QED) is 0.846. The Morgan fingerprint density at radius 3 is 2.52 bits per heavy atom. The Labute approximate surface area is 123 Å². The van der Waals surface area contributed by atoms with Gasteiger partial charge in [0.1, 0.15) is 5.60 Å². The molecule has 21 heavy (non-hydrogen) atoms. The number of ether oxygens (including phenoxy) is 1. The number of hydrogen-bond acceptors (Lipinski definition) is 5. The summed E-state index contributed by atoms with van der Waals surface area (Å²) in [6, 6.07) is 3.83. The number of nitrogens with zero attached hydrogens (tertiary/aromatic N) is 2. The largest absolute Gasteiger partial charge is 0.494 e. The van der Waals surface area contributed by atoms with E-state index in [9.17, 15) is 5.11 Å². The molecule has 110 valence electrons. The average Bonchev–Trinajstić information content (AvgIpc) is 2.44. The third-order valence-corrected chi connectivity index (χ3v) is 4.05. The number of anilines is 1. The second-order valence-corrected chi connectivity index (χ2v) is 5.61. The fraction of sp³-hybridized carbons (Fsp3) is 0.375. The van der Waals surface area contributed by atoms with E-state index in [1.807, 2.05) is 19.1 Å². The predicted octanol–water partition coefficient (Wildman–Crippen LogP) is 2.41.